The fourth-order valence-corrected chi connectivity index (χ4v) is 2.60. The molecule has 112 valence electrons. The second-order valence-electron chi connectivity index (χ2n) is 4.58. The summed E-state index contributed by atoms with van der Waals surface area (Å²) in [4.78, 5) is 9.21. The number of aromatic nitrogens is 2. The van der Waals surface area contributed by atoms with Crippen molar-refractivity contribution in [3.8, 4) is 11.4 Å². The number of halogens is 2. The molecule has 0 bridgehead atoms. The lowest BCUT2D eigenvalue weighted by atomic mass is 10.1. The highest BCUT2D eigenvalue weighted by Gasteiger charge is 2.13. The van der Waals surface area contributed by atoms with Crippen LogP contribution in [-0.2, 0) is 11.3 Å². The lowest BCUT2D eigenvalue weighted by Crippen LogP contribution is -2.07. The van der Waals surface area contributed by atoms with Gasteiger partial charge in [0.25, 0.3) is 0 Å². The van der Waals surface area contributed by atoms with Crippen LogP contribution < -0.4 is 5.32 Å². The number of rotatable bonds is 5. The van der Waals surface area contributed by atoms with E-state index >= 15 is 0 Å². The molecule has 1 aromatic heterocycles. The maximum atomic E-state index is 5.22. The van der Waals surface area contributed by atoms with Gasteiger partial charge in [0, 0.05) is 23.7 Å². The van der Waals surface area contributed by atoms with Crippen molar-refractivity contribution in [1.29, 1.82) is 0 Å². The molecule has 0 radical (unpaired) electrons. The fourth-order valence-electron chi connectivity index (χ4n) is 1.92. The normalized spacial score (nSPS) is 10.7. The molecule has 0 atom stereocenters. The van der Waals surface area contributed by atoms with Gasteiger partial charge in [0.15, 0.2) is 5.82 Å². The second-order valence-corrected chi connectivity index (χ2v) is 6.23. The molecule has 2 aromatic rings. The van der Waals surface area contributed by atoms with Gasteiger partial charge in [-0.3, -0.25) is 0 Å². The van der Waals surface area contributed by atoms with E-state index in [1.54, 1.807) is 7.11 Å². The van der Waals surface area contributed by atoms with E-state index in [1.807, 2.05) is 26.0 Å². The minimum atomic E-state index is 0.435. The van der Waals surface area contributed by atoms with Crippen molar-refractivity contribution >= 4 is 37.7 Å². The smallest absolute Gasteiger partial charge is 0.161 e. The maximum Gasteiger partial charge on any atom is 0.161 e. The van der Waals surface area contributed by atoms with Crippen LogP contribution >= 0.6 is 31.9 Å². The minimum Gasteiger partial charge on any atom is -0.378 e. The molecular weight excluding hydrogens is 398 g/mol. The standard InChI is InChI=1S/C15H17Br2N3O/c1-4-18-15-13(17)12(8-21-3)19-14(20-15)10-5-6-11(16)9(2)7-10/h5-7H,4,8H2,1-3H3,(H,18,19,20). The first-order valence-electron chi connectivity index (χ1n) is 6.62. The molecule has 0 saturated heterocycles. The predicted octanol–water partition coefficient (Wildman–Crippen LogP) is 4.56. The van der Waals surface area contributed by atoms with Crippen molar-refractivity contribution < 1.29 is 4.74 Å². The van der Waals surface area contributed by atoms with Gasteiger partial charge in [-0.05, 0) is 47.5 Å². The Morgan fingerprint density at radius 1 is 1.24 bits per heavy atom. The highest BCUT2D eigenvalue weighted by atomic mass is 79.9. The van der Waals surface area contributed by atoms with Gasteiger partial charge < -0.3 is 10.1 Å². The van der Waals surface area contributed by atoms with E-state index in [-0.39, 0.29) is 0 Å². The lowest BCUT2D eigenvalue weighted by molar-refractivity contribution is 0.181. The molecule has 1 N–H and O–H groups in total. The quantitative estimate of drug-likeness (QED) is 0.779. The molecule has 21 heavy (non-hydrogen) atoms. The summed E-state index contributed by atoms with van der Waals surface area (Å²) in [6.07, 6.45) is 0. The molecule has 0 aliphatic rings. The van der Waals surface area contributed by atoms with Crippen molar-refractivity contribution in [2.75, 3.05) is 19.0 Å². The van der Waals surface area contributed by atoms with Crippen LogP contribution in [0.4, 0.5) is 5.82 Å². The number of hydrogen-bond acceptors (Lipinski definition) is 4. The van der Waals surface area contributed by atoms with Crippen LogP contribution in [-0.4, -0.2) is 23.6 Å². The third-order valence-corrected chi connectivity index (χ3v) is 4.68. The molecule has 0 aliphatic carbocycles. The Morgan fingerprint density at radius 2 is 2.00 bits per heavy atom. The van der Waals surface area contributed by atoms with Crippen molar-refractivity contribution in [2.45, 2.75) is 20.5 Å². The van der Waals surface area contributed by atoms with E-state index in [0.717, 1.165) is 38.1 Å². The Labute approximate surface area is 141 Å². The zero-order chi connectivity index (χ0) is 15.4. The zero-order valence-electron chi connectivity index (χ0n) is 12.2. The van der Waals surface area contributed by atoms with Crippen LogP contribution in [0.5, 0.6) is 0 Å². The molecule has 4 nitrogen and oxygen atoms in total. The summed E-state index contributed by atoms with van der Waals surface area (Å²) < 4.78 is 7.15. The van der Waals surface area contributed by atoms with E-state index in [9.17, 15) is 0 Å². The molecule has 2 rings (SSSR count). The molecule has 1 aromatic carbocycles. The first-order valence-corrected chi connectivity index (χ1v) is 8.21. The summed E-state index contributed by atoms with van der Waals surface area (Å²) in [6.45, 7) is 5.31. The number of ether oxygens (including phenoxy) is 1. The van der Waals surface area contributed by atoms with Crippen molar-refractivity contribution in [3.63, 3.8) is 0 Å². The van der Waals surface area contributed by atoms with Gasteiger partial charge in [-0.25, -0.2) is 9.97 Å². The molecule has 0 amide bonds. The SMILES string of the molecule is CCNc1nc(-c2ccc(Br)c(C)c2)nc(COC)c1Br. The van der Waals surface area contributed by atoms with Crippen molar-refractivity contribution in [2.24, 2.45) is 0 Å². The van der Waals surface area contributed by atoms with Gasteiger partial charge in [0.05, 0.1) is 16.8 Å². The number of nitrogens with zero attached hydrogens (tertiary/aromatic N) is 2. The summed E-state index contributed by atoms with van der Waals surface area (Å²) in [5.74, 6) is 1.48. The highest BCUT2D eigenvalue weighted by Crippen LogP contribution is 2.29. The van der Waals surface area contributed by atoms with E-state index in [1.165, 1.54) is 0 Å². The molecule has 0 unspecified atom stereocenters. The second kappa shape index (κ2) is 7.33. The van der Waals surface area contributed by atoms with Crippen molar-refractivity contribution in [3.05, 3.63) is 38.4 Å². The summed E-state index contributed by atoms with van der Waals surface area (Å²) in [7, 11) is 1.66. The Bertz CT molecular complexity index is 620. The first-order chi connectivity index (χ1) is 10.1. The number of anilines is 1. The van der Waals surface area contributed by atoms with E-state index in [2.05, 4.69) is 53.2 Å². The zero-order valence-corrected chi connectivity index (χ0v) is 15.4. The predicted molar refractivity (Wildman–Crippen MR) is 92.5 cm³/mol. The summed E-state index contributed by atoms with van der Waals surface area (Å²) >= 11 is 7.05. The Kier molecular flexibility index (Phi) is 5.72. The third kappa shape index (κ3) is 3.81. The highest BCUT2D eigenvalue weighted by molar-refractivity contribution is 9.11. The van der Waals surface area contributed by atoms with Gasteiger partial charge in [-0.15, -0.1) is 0 Å². The monoisotopic (exact) mass is 413 g/mol. The number of benzene rings is 1. The molecule has 0 fully saturated rings. The van der Waals surface area contributed by atoms with Crippen molar-refractivity contribution in [1.82, 2.24) is 9.97 Å². The number of nitrogens with one attached hydrogen (secondary N) is 1. The number of aryl methyl sites for hydroxylation is 1. The van der Waals surface area contributed by atoms with E-state index in [0.29, 0.717) is 12.4 Å². The number of hydrogen-bond donors (Lipinski definition) is 1. The van der Waals surface area contributed by atoms with Gasteiger partial charge in [-0.2, -0.15) is 0 Å². The summed E-state index contributed by atoms with van der Waals surface area (Å²) in [5.41, 5.74) is 2.97. The molecule has 0 spiro atoms. The van der Waals surface area contributed by atoms with Crippen LogP contribution in [0.25, 0.3) is 11.4 Å². The average molecular weight is 415 g/mol. The number of methoxy groups -OCH3 is 1. The molecular formula is C15H17Br2N3O. The van der Waals surface area contributed by atoms with Gasteiger partial charge in [-0.1, -0.05) is 22.0 Å². The lowest BCUT2D eigenvalue weighted by Gasteiger charge is -2.12. The summed E-state index contributed by atoms with van der Waals surface area (Å²) in [6, 6.07) is 6.09. The Balaban J connectivity index is 2.53. The van der Waals surface area contributed by atoms with Gasteiger partial charge >= 0.3 is 0 Å². The van der Waals surface area contributed by atoms with E-state index < -0.39 is 0 Å². The molecule has 0 saturated carbocycles. The Hall–Kier alpha value is -0.980. The van der Waals surface area contributed by atoms with E-state index in [4.69, 9.17) is 4.74 Å². The minimum absolute atomic E-state index is 0.435. The maximum absolute atomic E-state index is 5.22. The van der Waals surface area contributed by atoms with Crippen LogP contribution in [0.15, 0.2) is 27.1 Å². The van der Waals surface area contributed by atoms with Crippen LogP contribution in [0, 0.1) is 6.92 Å². The van der Waals surface area contributed by atoms with Crippen LogP contribution in [0.1, 0.15) is 18.2 Å². The van der Waals surface area contributed by atoms with Crippen LogP contribution in [0.2, 0.25) is 0 Å². The molecule has 1 heterocycles. The largest absolute Gasteiger partial charge is 0.378 e. The fraction of sp³-hybridized carbons (Fsp3) is 0.333. The van der Waals surface area contributed by atoms with Gasteiger partial charge in [0.2, 0.25) is 0 Å². The Morgan fingerprint density at radius 3 is 2.62 bits per heavy atom. The average Bonchev–Trinajstić information content (AvgIpc) is 2.46. The molecule has 0 aliphatic heterocycles. The van der Waals surface area contributed by atoms with Crippen LogP contribution in [0.3, 0.4) is 0 Å². The first kappa shape index (κ1) is 16.4. The molecule has 6 heteroatoms. The van der Waals surface area contributed by atoms with Gasteiger partial charge in [0.1, 0.15) is 5.82 Å². The topological polar surface area (TPSA) is 47.0 Å². The summed E-state index contributed by atoms with van der Waals surface area (Å²) in [5, 5.41) is 3.25. The third-order valence-electron chi connectivity index (χ3n) is 2.96.